The van der Waals surface area contributed by atoms with Gasteiger partial charge in [-0.2, -0.15) is 5.10 Å². The van der Waals surface area contributed by atoms with Gasteiger partial charge in [-0.3, -0.25) is 9.89 Å². The van der Waals surface area contributed by atoms with Gasteiger partial charge in [-0.1, -0.05) is 23.7 Å². The topological polar surface area (TPSA) is 67.0 Å². The van der Waals surface area contributed by atoms with Crippen LogP contribution in [0.2, 0.25) is 5.02 Å². The van der Waals surface area contributed by atoms with Crippen LogP contribution in [0.4, 0.5) is 0 Å². The first-order valence-corrected chi connectivity index (χ1v) is 7.73. The van der Waals surface area contributed by atoms with Gasteiger partial charge < -0.3 is 10.1 Å². The molecule has 1 atom stereocenters. The molecule has 2 N–H and O–H groups in total. The number of hydrogen-bond donors (Lipinski definition) is 2. The second-order valence-electron chi connectivity index (χ2n) is 5.49. The third-order valence-electron chi connectivity index (χ3n) is 3.82. The maximum Gasteiger partial charge on any atom is 0.220 e. The van der Waals surface area contributed by atoms with Crippen LogP contribution in [0.15, 0.2) is 30.5 Å². The van der Waals surface area contributed by atoms with Gasteiger partial charge in [0.15, 0.2) is 0 Å². The highest BCUT2D eigenvalue weighted by atomic mass is 35.5. The number of benzene rings is 1. The fourth-order valence-corrected chi connectivity index (χ4v) is 2.71. The molecule has 1 saturated heterocycles. The Morgan fingerprint density at radius 2 is 2.23 bits per heavy atom. The van der Waals surface area contributed by atoms with E-state index in [2.05, 4.69) is 15.5 Å². The number of amides is 1. The summed E-state index contributed by atoms with van der Waals surface area (Å²) in [6.45, 7) is 1.91. The van der Waals surface area contributed by atoms with Crippen molar-refractivity contribution in [1.82, 2.24) is 15.5 Å². The quantitative estimate of drug-likeness (QED) is 0.890. The highest BCUT2D eigenvalue weighted by molar-refractivity contribution is 6.30. The average Bonchev–Trinajstić information content (AvgIpc) is 3.17. The summed E-state index contributed by atoms with van der Waals surface area (Å²) in [5, 5.41) is 10.7. The molecule has 116 valence electrons. The van der Waals surface area contributed by atoms with Crippen molar-refractivity contribution in [3.05, 3.63) is 41.0 Å². The molecule has 0 bridgehead atoms. The number of aromatic nitrogens is 2. The van der Waals surface area contributed by atoms with Crippen molar-refractivity contribution in [3.63, 3.8) is 0 Å². The molecule has 2 heterocycles. The van der Waals surface area contributed by atoms with Crippen LogP contribution in [-0.2, 0) is 16.1 Å². The third kappa shape index (κ3) is 3.67. The van der Waals surface area contributed by atoms with E-state index >= 15 is 0 Å². The molecule has 5 nitrogen and oxygen atoms in total. The molecule has 0 radical (unpaired) electrons. The lowest BCUT2D eigenvalue weighted by Gasteiger charge is -2.09. The standard InChI is InChI=1S/C16H18ClN3O2/c17-14-3-1-12(2-4-14)16-13(9-19-20-16)8-18-15(21)7-11-5-6-22-10-11/h1-4,9,11H,5-8,10H2,(H,18,21)(H,19,20)/t11-/m1/s1. The fraction of sp³-hybridized carbons (Fsp3) is 0.375. The first-order chi connectivity index (χ1) is 10.7. The number of halogens is 1. The molecule has 22 heavy (non-hydrogen) atoms. The molecule has 1 aliphatic rings. The van der Waals surface area contributed by atoms with E-state index in [1.807, 2.05) is 24.3 Å². The Morgan fingerprint density at radius 3 is 2.95 bits per heavy atom. The van der Waals surface area contributed by atoms with Crippen molar-refractivity contribution in [1.29, 1.82) is 0 Å². The zero-order valence-corrected chi connectivity index (χ0v) is 12.9. The molecular formula is C16H18ClN3O2. The van der Waals surface area contributed by atoms with Crippen molar-refractivity contribution in [2.75, 3.05) is 13.2 Å². The predicted octanol–water partition coefficient (Wildman–Crippen LogP) is 2.77. The van der Waals surface area contributed by atoms with Gasteiger partial charge in [0, 0.05) is 36.8 Å². The number of ether oxygens (including phenoxy) is 1. The van der Waals surface area contributed by atoms with E-state index in [1.54, 1.807) is 6.20 Å². The number of H-pyrrole nitrogens is 1. The Hall–Kier alpha value is -1.85. The zero-order chi connectivity index (χ0) is 15.4. The van der Waals surface area contributed by atoms with Crippen LogP contribution in [0.1, 0.15) is 18.4 Å². The summed E-state index contributed by atoms with van der Waals surface area (Å²) in [4.78, 5) is 12.0. The zero-order valence-electron chi connectivity index (χ0n) is 12.1. The van der Waals surface area contributed by atoms with Crippen molar-refractivity contribution in [2.24, 2.45) is 5.92 Å². The SMILES string of the molecule is O=C(C[C@H]1CCOC1)NCc1cn[nH]c1-c1ccc(Cl)cc1. The van der Waals surface area contributed by atoms with Crippen LogP contribution >= 0.6 is 11.6 Å². The molecule has 0 aliphatic carbocycles. The first kappa shape index (κ1) is 15.1. The molecule has 2 aromatic rings. The van der Waals surface area contributed by atoms with Crippen molar-refractivity contribution in [2.45, 2.75) is 19.4 Å². The minimum Gasteiger partial charge on any atom is -0.381 e. The van der Waals surface area contributed by atoms with Gasteiger partial charge >= 0.3 is 0 Å². The van der Waals surface area contributed by atoms with Gasteiger partial charge in [-0.05, 0) is 30.0 Å². The summed E-state index contributed by atoms with van der Waals surface area (Å²) in [7, 11) is 0. The lowest BCUT2D eigenvalue weighted by molar-refractivity contribution is -0.122. The minimum atomic E-state index is 0.0544. The normalized spacial score (nSPS) is 17.6. The number of rotatable bonds is 5. The molecule has 1 fully saturated rings. The molecule has 3 rings (SSSR count). The largest absolute Gasteiger partial charge is 0.381 e. The second-order valence-corrected chi connectivity index (χ2v) is 5.92. The Kier molecular flexibility index (Phi) is 4.75. The molecule has 1 aromatic carbocycles. The molecule has 0 saturated carbocycles. The summed E-state index contributed by atoms with van der Waals surface area (Å²) < 4.78 is 5.29. The molecule has 1 amide bonds. The van der Waals surface area contributed by atoms with Crippen molar-refractivity contribution < 1.29 is 9.53 Å². The van der Waals surface area contributed by atoms with Crippen molar-refractivity contribution >= 4 is 17.5 Å². The van der Waals surface area contributed by atoms with Crippen molar-refractivity contribution in [3.8, 4) is 11.3 Å². The summed E-state index contributed by atoms with van der Waals surface area (Å²) in [6.07, 6.45) is 3.23. The van der Waals surface area contributed by atoms with Gasteiger partial charge in [-0.15, -0.1) is 0 Å². The minimum absolute atomic E-state index is 0.0544. The Morgan fingerprint density at radius 1 is 1.41 bits per heavy atom. The third-order valence-corrected chi connectivity index (χ3v) is 4.08. The lowest BCUT2D eigenvalue weighted by Crippen LogP contribution is -2.25. The summed E-state index contributed by atoms with van der Waals surface area (Å²) in [5.41, 5.74) is 2.86. The second kappa shape index (κ2) is 6.94. The lowest BCUT2D eigenvalue weighted by atomic mass is 10.0. The molecular weight excluding hydrogens is 302 g/mol. The number of nitrogens with zero attached hydrogens (tertiary/aromatic N) is 1. The first-order valence-electron chi connectivity index (χ1n) is 7.35. The molecule has 0 spiro atoms. The number of nitrogens with one attached hydrogen (secondary N) is 2. The van der Waals surface area contributed by atoms with Gasteiger partial charge in [0.2, 0.25) is 5.91 Å². The maximum absolute atomic E-state index is 12.0. The van der Waals surface area contributed by atoms with Gasteiger partial charge in [0.05, 0.1) is 11.9 Å². The van der Waals surface area contributed by atoms with Crippen LogP contribution in [0, 0.1) is 5.92 Å². The molecule has 1 aromatic heterocycles. The fourth-order valence-electron chi connectivity index (χ4n) is 2.58. The van der Waals surface area contributed by atoms with Crippen LogP contribution in [0.25, 0.3) is 11.3 Å². The van der Waals surface area contributed by atoms with Gasteiger partial charge in [-0.25, -0.2) is 0 Å². The van der Waals surface area contributed by atoms with E-state index in [4.69, 9.17) is 16.3 Å². The molecule has 1 aliphatic heterocycles. The van der Waals surface area contributed by atoms with E-state index < -0.39 is 0 Å². The molecule has 6 heteroatoms. The van der Waals surface area contributed by atoms with E-state index in [1.165, 1.54) is 0 Å². The maximum atomic E-state index is 12.0. The van der Waals surface area contributed by atoms with Crippen LogP contribution < -0.4 is 5.32 Å². The van der Waals surface area contributed by atoms with Gasteiger partial charge in [0.25, 0.3) is 0 Å². The van der Waals surface area contributed by atoms with E-state index in [0.717, 1.165) is 29.8 Å². The highest BCUT2D eigenvalue weighted by Crippen LogP contribution is 2.23. The van der Waals surface area contributed by atoms with Crippen LogP contribution in [0.3, 0.4) is 0 Å². The summed E-state index contributed by atoms with van der Waals surface area (Å²) in [5.74, 6) is 0.402. The highest BCUT2D eigenvalue weighted by Gasteiger charge is 2.19. The van der Waals surface area contributed by atoms with Crippen LogP contribution in [-0.4, -0.2) is 29.3 Å². The van der Waals surface area contributed by atoms with E-state index in [9.17, 15) is 4.79 Å². The number of aromatic amines is 1. The Labute approximate surface area is 134 Å². The Balaban J connectivity index is 1.60. The number of hydrogen-bond acceptors (Lipinski definition) is 3. The average molecular weight is 320 g/mol. The number of carbonyl (C=O) groups is 1. The molecule has 0 unspecified atom stereocenters. The van der Waals surface area contributed by atoms with E-state index in [0.29, 0.717) is 30.5 Å². The Bertz CT molecular complexity index is 633. The smallest absolute Gasteiger partial charge is 0.220 e. The summed E-state index contributed by atoms with van der Waals surface area (Å²) in [6, 6.07) is 7.52. The predicted molar refractivity (Wildman–Crippen MR) is 84.4 cm³/mol. The van der Waals surface area contributed by atoms with Crippen LogP contribution in [0.5, 0.6) is 0 Å². The van der Waals surface area contributed by atoms with Gasteiger partial charge in [0.1, 0.15) is 0 Å². The summed E-state index contributed by atoms with van der Waals surface area (Å²) >= 11 is 5.90. The monoisotopic (exact) mass is 319 g/mol. The number of carbonyl (C=O) groups excluding carboxylic acids is 1. The van der Waals surface area contributed by atoms with E-state index in [-0.39, 0.29) is 5.91 Å².